The minimum Gasteiger partial charge on any atom is -0.348 e. The van der Waals surface area contributed by atoms with Crippen LogP contribution in [0.1, 0.15) is 24.9 Å². The largest absolute Gasteiger partial charge is 0.348 e. The first kappa shape index (κ1) is 16.9. The highest BCUT2D eigenvalue weighted by Crippen LogP contribution is 2.39. The first-order valence-corrected chi connectivity index (χ1v) is 9.49. The van der Waals surface area contributed by atoms with Gasteiger partial charge in [-0.15, -0.1) is 15.3 Å². The minimum absolute atomic E-state index is 0.0298. The molecule has 0 aliphatic carbocycles. The topological polar surface area (TPSA) is 46.3 Å². The van der Waals surface area contributed by atoms with Crippen molar-refractivity contribution in [3.8, 4) is 11.4 Å². The number of hydrogen-bond acceptors (Lipinski definition) is 4. The lowest BCUT2D eigenvalue weighted by Crippen LogP contribution is -2.25. The van der Waals surface area contributed by atoms with Gasteiger partial charge in [0.2, 0.25) is 0 Å². The van der Waals surface area contributed by atoms with Crippen molar-refractivity contribution in [2.75, 3.05) is 11.4 Å². The molecule has 2 unspecified atom stereocenters. The molecule has 0 amide bonds. The zero-order valence-electron chi connectivity index (χ0n) is 15.5. The van der Waals surface area contributed by atoms with Gasteiger partial charge < -0.3 is 4.90 Å². The highest BCUT2D eigenvalue weighted by Gasteiger charge is 2.33. The van der Waals surface area contributed by atoms with Gasteiger partial charge in [0.25, 0.3) is 0 Å². The van der Waals surface area contributed by atoms with Gasteiger partial charge in [-0.2, -0.15) is 4.52 Å². The fraction of sp³-hybridized carbons (Fsp3) is 0.227. The quantitative estimate of drug-likeness (QED) is 0.530. The van der Waals surface area contributed by atoms with Crippen LogP contribution in [0.15, 0.2) is 66.7 Å². The van der Waals surface area contributed by atoms with Crippen LogP contribution in [0.5, 0.6) is 0 Å². The summed E-state index contributed by atoms with van der Waals surface area (Å²) in [7, 11) is 0. The van der Waals surface area contributed by atoms with Crippen LogP contribution in [0.4, 0.5) is 10.2 Å². The van der Waals surface area contributed by atoms with Crippen LogP contribution in [-0.2, 0) is 0 Å². The van der Waals surface area contributed by atoms with Gasteiger partial charge in [-0.3, -0.25) is 0 Å². The molecule has 2 aromatic heterocycles. The maximum atomic E-state index is 14.5. The summed E-state index contributed by atoms with van der Waals surface area (Å²) in [6.07, 6.45) is 0.897. The van der Waals surface area contributed by atoms with E-state index in [9.17, 15) is 4.39 Å². The van der Waals surface area contributed by atoms with Gasteiger partial charge in [0.1, 0.15) is 11.6 Å². The molecule has 4 aromatic rings. The Bertz CT molecular complexity index is 1120. The van der Waals surface area contributed by atoms with Crippen molar-refractivity contribution in [3.63, 3.8) is 0 Å². The Morgan fingerprint density at radius 1 is 0.929 bits per heavy atom. The molecule has 0 N–H and O–H groups in total. The lowest BCUT2D eigenvalue weighted by Gasteiger charge is -2.26. The fourth-order valence-corrected chi connectivity index (χ4v) is 4.04. The summed E-state index contributed by atoms with van der Waals surface area (Å²) in [5, 5.41) is 13.4. The Morgan fingerprint density at radius 2 is 1.71 bits per heavy atom. The number of benzene rings is 2. The molecule has 1 saturated heterocycles. The Labute approximate surface area is 162 Å². The van der Waals surface area contributed by atoms with Crippen molar-refractivity contribution >= 4 is 11.5 Å². The third kappa shape index (κ3) is 2.81. The molecule has 5 rings (SSSR count). The molecule has 1 fully saturated rings. The van der Waals surface area contributed by atoms with E-state index in [1.165, 1.54) is 6.07 Å². The van der Waals surface area contributed by atoms with E-state index >= 15 is 0 Å². The number of rotatable bonds is 3. The molecule has 1 aliphatic heterocycles. The van der Waals surface area contributed by atoms with Crippen molar-refractivity contribution in [3.05, 3.63) is 78.1 Å². The molecular weight excluding hydrogens is 353 g/mol. The van der Waals surface area contributed by atoms with E-state index in [0.29, 0.717) is 17.4 Å². The monoisotopic (exact) mass is 373 g/mol. The normalized spacial score (nSPS) is 19.4. The van der Waals surface area contributed by atoms with Crippen LogP contribution in [-0.4, -0.2) is 26.4 Å². The van der Waals surface area contributed by atoms with Crippen LogP contribution < -0.4 is 4.90 Å². The number of halogens is 1. The molecule has 5 nitrogen and oxygen atoms in total. The average molecular weight is 373 g/mol. The predicted molar refractivity (Wildman–Crippen MR) is 106 cm³/mol. The van der Waals surface area contributed by atoms with Gasteiger partial charge in [0, 0.05) is 17.7 Å². The number of aromatic nitrogens is 4. The highest BCUT2D eigenvalue weighted by molar-refractivity contribution is 5.60. The summed E-state index contributed by atoms with van der Waals surface area (Å²) in [6, 6.07) is 20.8. The summed E-state index contributed by atoms with van der Waals surface area (Å²) in [5.41, 5.74) is 2.37. The van der Waals surface area contributed by atoms with Crippen LogP contribution in [0.2, 0.25) is 0 Å². The van der Waals surface area contributed by atoms with E-state index in [2.05, 4.69) is 22.0 Å². The first-order chi connectivity index (χ1) is 13.7. The zero-order chi connectivity index (χ0) is 19.1. The minimum atomic E-state index is -0.165. The van der Waals surface area contributed by atoms with Crippen molar-refractivity contribution in [1.82, 2.24) is 19.8 Å². The molecule has 1 aliphatic rings. The van der Waals surface area contributed by atoms with Crippen molar-refractivity contribution in [1.29, 1.82) is 0 Å². The second-order valence-electron chi connectivity index (χ2n) is 7.38. The van der Waals surface area contributed by atoms with Gasteiger partial charge in [-0.05, 0) is 30.5 Å². The van der Waals surface area contributed by atoms with Crippen molar-refractivity contribution < 1.29 is 4.39 Å². The second kappa shape index (κ2) is 6.71. The van der Waals surface area contributed by atoms with Crippen LogP contribution in [0.25, 0.3) is 17.0 Å². The van der Waals surface area contributed by atoms with E-state index in [1.807, 2.05) is 54.6 Å². The van der Waals surface area contributed by atoms with Crippen molar-refractivity contribution in [2.24, 2.45) is 5.92 Å². The average Bonchev–Trinajstić information content (AvgIpc) is 3.32. The van der Waals surface area contributed by atoms with E-state index < -0.39 is 0 Å². The number of anilines is 1. The lowest BCUT2D eigenvalue weighted by atomic mass is 10.0. The molecule has 28 heavy (non-hydrogen) atoms. The molecule has 140 valence electrons. The molecule has 0 spiro atoms. The van der Waals surface area contributed by atoms with Gasteiger partial charge in [0.05, 0.1) is 6.04 Å². The Balaban J connectivity index is 1.59. The predicted octanol–water partition coefficient (Wildman–Crippen LogP) is 4.52. The maximum absolute atomic E-state index is 14.5. The third-order valence-electron chi connectivity index (χ3n) is 5.35. The molecule has 3 heterocycles. The van der Waals surface area contributed by atoms with E-state index in [1.54, 1.807) is 10.6 Å². The SMILES string of the molecule is CC1CC(c2ccccc2F)N(c2ccc3nnc(-c4ccccc4)n3n2)C1. The van der Waals surface area contributed by atoms with Crippen LogP contribution >= 0.6 is 0 Å². The van der Waals surface area contributed by atoms with Gasteiger partial charge in [0.15, 0.2) is 11.5 Å². The third-order valence-corrected chi connectivity index (χ3v) is 5.35. The molecular formula is C22H20FN5. The Kier molecular flexibility index (Phi) is 4.04. The molecule has 0 saturated carbocycles. The number of fused-ring (bicyclic) bond motifs is 1. The molecule has 6 heteroatoms. The van der Waals surface area contributed by atoms with Gasteiger partial charge >= 0.3 is 0 Å². The van der Waals surface area contributed by atoms with Crippen molar-refractivity contribution in [2.45, 2.75) is 19.4 Å². The summed E-state index contributed by atoms with van der Waals surface area (Å²) >= 11 is 0. The second-order valence-corrected chi connectivity index (χ2v) is 7.38. The van der Waals surface area contributed by atoms with Crippen LogP contribution in [0, 0.1) is 11.7 Å². The first-order valence-electron chi connectivity index (χ1n) is 9.49. The van der Waals surface area contributed by atoms with Gasteiger partial charge in [-0.1, -0.05) is 55.5 Å². The Hall–Kier alpha value is -3.28. The molecule has 2 aromatic carbocycles. The number of nitrogens with zero attached hydrogens (tertiary/aromatic N) is 5. The lowest BCUT2D eigenvalue weighted by molar-refractivity contribution is 0.562. The summed E-state index contributed by atoms with van der Waals surface area (Å²) < 4.78 is 16.2. The standard InChI is InChI=1S/C22H20FN5/c1-15-13-19(17-9-5-6-10-18(17)23)27(14-15)21-12-11-20-24-25-22(28(20)26-21)16-7-3-2-4-8-16/h2-12,15,19H,13-14H2,1H3. The smallest absolute Gasteiger partial charge is 0.185 e. The maximum Gasteiger partial charge on any atom is 0.185 e. The van der Waals surface area contributed by atoms with Gasteiger partial charge in [-0.25, -0.2) is 4.39 Å². The van der Waals surface area contributed by atoms with E-state index in [0.717, 1.165) is 29.9 Å². The fourth-order valence-electron chi connectivity index (χ4n) is 4.04. The zero-order valence-corrected chi connectivity index (χ0v) is 15.5. The van der Waals surface area contributed by atoms with Crippen LogP contribution in [0.3, 0.4) is 0 Å². The summed E-state index contributed by atoms with van der Waals surface area (Å²) in [6.45, 7) is 3.03. The molecule has 0 radical (unpaired) electrons. The highest BCUT2D eigenvalue weighted by atomic mass is 19.1. The summed E-state index contributed by atoms with van der Waals surface area (Å²) in [5.74, 6) is 1.80. The molecule has 0 bridgehead atoms. The van der Waals surface area contributed by atoms with E-state index in [4.69, 9.17) is 5.10 Å². The number of hydrogen-bond donors (Lipinski definition) is 0. The Morgan fingerprint density at radius 3 is 2.54 bits per heavy atom. The summed E-state index contributed by atoms with van der Waals surface area (Å²) in [4.78, 5) is 2.19. The van der Waals surface area contributed by atoms with E-state index in [-0.39, 0.29) is 11.9 Å². The molecule has 2 atom stereocenters.